The average molecular weight is 561 g/mol. The number of amides is 1. The lowest BCUT2D eigenvalue weighted by atomic mass is 10.1. The Morgan fingerprint density at radius 2 is 0.975 bits per heavy atom. The van der Waals surface area contributed by atoms with E-state index in [4.69, 9.17) is 19.7 Å². The molecule has 0 aliphatic rings. The number of nitrogens with one attached hydrogen (secondary N) is 1. The Kier molecular flexibility index (Phi) is 19.4. The fourth-order valence-corrected chi connectivity index (χ4v) is 4.59. The zero-order valence-corrected chi connectivity index (χ0v) is 24.4. The first-order chi connectivity index (χ1) is 19.7. The molecule has 0 atom stereocenters. The maximum atomic E-state index is 12.8. The Morgan fingerprint density at radius 3 is 1.38 bits per heavy atom. The van der Waals surface area contributed by atoms with Crippen molar-refractivity contribution in [2.45, 2.75) is 116 Å². The lowest BCUT2D eigenvalue weighted by Crippen LogP contribution is -2.21. The topological polar surface area (TPSA) is 119 Å². The molecular formula is C31H52N4O5. The van der Waals surface area contributed by atoms with E-state index in [0.29, 0.717) is 43.5 Å². The second-order valence-electron chi connectivity index (χ2n) is 10.5. The van der Waals surface area contributed by atoms with Crippen molar-refractivity contribution in [2.24, 2.45) is 0 Å². The van der Waals surface area contributed by atoms with Gasteiger partial charge in [-0.1, -0.05) is 89.9 Å². The molecule has 1 amide bonds. The molecule has 0 saturated heterocycles. The van der Waals surface area contributed by atoms with Crippen LogP contribution in [0.2, 0.25) is 0 Å². The van der Waals surface area contributed by atoms with Gasteiger partial charge in [0.05, 0.1) is 13.2 Å². The number of hydrogen-bond acceptors (Lipinski definition) is 7. The van der Waals surface area contributed by atoms with Crippen molar-refractivity contribution in [3.63, 3.8) is 0 Å². The molecule has 0 bridgehead atoms. The van der Waals surface area contributed by atoms with E-state index in [1.54, 1.807) is 12.1 Å². The molecule has 1 heterocycles. The van der Waals surface area contributed by atoms with Crippen LogP contribution in [0.4, 0.5) is 0 Å². The molecule has 9 nitrogen and oxygen atoms in total. The molecule has 9 heteroatoms. The summed E-state index contributed by atoms with van der Waals surface area (Å²) < 4.78 is 13.5. The van der Waals surface area contributed by atoms with Gasteiger partial charge < -0.3 is 19.7 Å². The third-order valence-corrected chi connectivity index (χ3v) is 6.93. The first-order valence-electron chi connectivity index (χ1n) is 15.5. The quantitative estimate of drug-likeness (QED) is 0.114. The summed E-state index contributed by atoms with van der Waals surface area (Å²) in [5, 5.41) is 25.1. The minimum Gasteiger partial charge on any atom is -0.493 e. The molecule has 1 aromatic carbocycles. The van der Waals surface area contributed by atoms with Crippen molar-refractivity contribution in [1.29, 1.82) is 0 Å². The van der Waals surface area contributed by atoms with E-state index < -0.39 is 0 Å². The first-order valence-corrected chi connectivity index (χ1v) is 15.5. The zero-order valence-electron chi connectivity index (χ0n) is 24.4. The molecule has 0 radical (unpaired) electrons. The minimum atomic E-state index is -0.284. The van der Waals surface area contributed by atoms with E-state index in [0.717, 1.165) is 51.4 Å². The molecule has 0 spiro atoms. The molecule has 1 aromatic heterocycles. The third kappa shape index (κ3) is 16.5. The van der Waals surface area contributed by atoms with Gasteiger partial charge in [-0.3, -0.25) is 10.2 Å². The Morgan fingerprint density at radius 1 is 0.600 bits per heavy atom. The first kappa shape index (κ1) is 33.6. The summed E-state index contributed by atoms with van der Waals surface area (Å²) in [7, 11) is 0. The smallest absolute Gasteiger partial charge is 0.270 e. The number of ether oxygens (including phenoxy) is 2. The highest BCUT2D eigenvalue weighted by Crippen LogP contribution is 2.24. The van der Waals surface area contributed by atoms with Gasteiger partial charge in [-0.15, -0.1) is 10.2 Å². The molecule has 0 aliphatic carbocycles. The van der Waals surface area contributed by atoms with Crippen LogP contribution in [-0.4, -0.2) is 57.4 Å². The fourth-order valence-electron chi connectivity index (χ4n) is 4.59. The van der Waals surface area contributed by atoms with E-state index in [2.05, 4.69) is 15.6 Å². The van der Waals surface area contributed by atoms with E-state index in [-0.39, 0.29) is 5.91 Å². The van der Waals surface area contributed by atoms with Gasteiger partial charge in [0.15, 0.2) is 0 Å². The number of benzene rings is 1. The number of carbonyl (C=O) groups is 1. The Labute approximate surface area is 240 Å². The van der Waals surface area contributed by atoms with Crippen molar-refractivity contribution >= 4 is 5.91 Å². The highest BCUT2D eigenvalue weighted by Gasteiger charge is 2.11. The van der Waals surface area contributed by atoms with Crippen LogP contribution in [0.5, 0.6) is 11.5 Å². The predicted molar refractivity (Wildman–Crippen MR) is 158 cm³/mol. The SMILES string of the molecule is O=C(Nn1cnnc1)c1cc(OCCCCCCCCCCCO)cc(OCCCCCCCCCCCO)c1. The average Bonchev–Trinajstić information content (AvgIpc) is 3.47. The van der Waals surface area contributed by atoms with E-state index in [9.17, 15) is 4.79 Å². The van der Waals surface area contributed by atoms with Crippen molar-refractivity contribution in [3.05, 3.63) is 36.4 Å². The summed E-state index contributed by atoms with van der Waals surface area (Å²) in [6.07, 6.45) is 23.4. The molecule has 0 saturated carbocycles. The van der Waals surface area contributed by atoms with Gasteiger partial charge in [-0.05, 0) is 37.8 Å². The van der Waals surface area contributed by atoms with Gasteiger partial charge >= 0.3 is 0 Å². The maximum absolute atomic E-state index is 12.8. The third-order valence-electron chi connectivity index (χ3n) is 6.93. The maximum Gasteiger partial charge on any atom is 0.270 e. The van der Waals surface area contributed by atoms with Crippen LogP contribution in [0.15, 0.2) is 30.9 Å². The molecule has 226 valence electrons. The Balaban J connectivity index is 1.72. The number of unbranched alkanes of at least 4 members (excludes halogenated alkanes) is 16. The zero-order chi connectivity index (χ0) is 28.5. The van der Waals surface area contributed by atoms with E-state index >= 15 is 0 Å². The molecule has 3 N–H and O–H groups in total. The fraction of sp³-hybridized carbons (Fsp3) is 0.710. The van der Waals surface area contributed by atoms with Gasteiger partial charge in [-0.2, -0.15) is 0 Å². The van der Waals surface area contributed by atoms with Crippen LogP contribution < -0.4 is 14.9 Å². The lowest BCUT2D eigenvalue weighted by molar-refractivity contribution is 0.101. The normalized spacial score (nSPS) is 11.1. The number of rotatable bonds is 26. The van der Waals surface area contributed by atoms with Gasteiger partial charge in [0, 0.05) is 24.8 Å². The number of carbonyl (C=O) groups excluding carboxylic acids is 1. The Hall–Kier alpha value is -2.65. The van der Waals surface area contributed by atoms with Crippen molar-refractivity contribution in [2.75, 3.05) is 31.9 Å². The molecule has 0 unspecified atom stereocenters. The monoisotopic (exact) mass is 560 g/mol. The molecule has 2 aromatic rings. The minimum absolute atomic E-state index is 0.284. The van der Waals surface area contributed by atoms with E-state index in [1.165, 1.54) is 81.5 Å². The molecule has 0 aliphatic heterocycles. The largest absolute Gasteiger partial charge is 0.493 e. The highest BCUT2D eigenvalue weighted by molar-refractivity contribution is 6.00. The second kappa shape index (κ2) is 23.1. The summed E-state index contributed by atoms with van der Waals surface area (Å²) in [5.41, 5.74) is 3.19. The van der Waals surface area contributed by atoms with Crippen molar-refractivity contribution < 1.29 is 24.5 Å². The summed E-state index contributed by atoms with van der Waals surface area (Å²) in [6.45, 7) is 1.81. The van der Waals surface area contributed by atoms with Crippen LogP contribution in [-0.2, 0) is 0 Å². The number of aliphatic hydroxyl groups is 2. The number of aliphatic hydroxyl groups excluding tert-OH is 2. The number of aromatic nitrogens is 3. The molecule has 2 rings (SSSR count). The summed E-state index contributed by atoms with van der Waals surface area (Å²) in [6, 6.07) is 5.37. The van der Waals surface area contributed by atoms with Crippen LogP contribution in [0, 0.1) is 0 Å². The van der Waals surface area contributed by atoms with Gasteiger partial charge in [-0.25, -0.2) is 4.68 Å². The van der Waals surface area contributed by atoms with Crippen LogP contribution >= 0.6 is 0 Å². The summed E-state index contributed by atoms with van der Waals surface area (Å²) in [4.78, 5) is 12.8. The second-order valence-corrected chi connectivity index (χ2v) is 10.5. The van der Waals surface area contributed by atoms with Crippen LogP contribution in [0.3, 0.4) is 0 Å². The van der Waals surface area contributed by atoms with E-state index in [1.807, 2.05) is 6.07 Å². The molecule has 0 fully saturated rings. The number of nitrogens with zero attached hydrogens (tertiary/aromatic N) is 3. The summed E-state index contributed by atoms with van der Waals surface area (Å²) in [5.74, 6) is 0.987. The Bertz CT molecular complexity index is 834. The van der Waals surface area contributed by atoms with Crippen molar-refractivity contribution in [3.8, 4) is 11.5 Å². The van der Waals surface area contributed by atoms with Gasteiger partial charge in [0.25, 0.3) is 5.91 Å². The predicted octanol–water partition coefficient (Wildman–Crippen LogP) is 6.43. The lowest BCUT2D eigenvalue weighted by Gasteiger charge is -2.13. The number of hydrogen-bond donors (Lipinski definition) is 3. The van der Waals surface area contributed by atoms with Gasteiger partial charge in [0.2, 0.25) is 0 Å². The summed E-state index contributed by atoms with van der Waals surface area (Å²) >= 11 is 0. The molecular weight excluding hydrogens is 508 g/mol. The highest BCUT2D eigenvalue weighted by atomic mass is 16.5. The van der Waals surface area contributed by atoms with Crippen LogP contribution in [0.25, 0.3) is 0 Å². The van der Waals surface area contributed by atoms with Crippen molar-refractivity contribution in [1.82, 2.24) is 14.9 Å². The molecule has 40 heavy (non-hydrogen) atoms. The standard InChI is InChI=1S/C31H52N4O5/c36-19-15-11-7-3-1-5-9-13-17-21-39-29-23-28(31(38)34-35-26-32-33-27-35)24-30(25-29)40-22-18-14-10-6-2-4-8-12-16-20-37/h23-27,36-37H,1-22H2,(H,34,38). The van der Waals surface area contributed by atoms with Gasteiger partial charge in [0.1, 0.15) is 24.2 Å². The van der Waals surface area contributed by atoms with Crippen LogP contribution in [0.1, 0.15) is 126 Å².